The molecule has 5 nitrogen and oxygen atoms in total. The molecule has 11 heavy (non-hydrogen) atoms. The SMILES string of the molecule is CCS(=O)(=O)CC=S(=O)(O)O. The van der Waals surface area contributed by atoms with Crippen molar-refractivity contribution in [3.8, 4) is 0 Å². The second kappa shape index (κ2) is 3.53. The van der Waals surface area contributed by atoms with Crippen LogP contribution >= 0.6 is 0 Å². The molecule has 0 aliphatic carbocycles. The van der Waals surface area contributed by atoms with E-state index in [-0.39, 0.29) is 5.75 Å². The van der Waals surface area contributed by atoms with Crippen molar-refractivity contribution in [2.24, 2.45) is 0 Å². The van der Waals surface area contributed by atoms with Gasteiger partial charge in [-0.3, -0.25) is 9.11 Å². The average Bonchev–Trinajstić information content (AvgIpc) is 1.83. The van der Waals surface area contributed by atoms with Gasteiger partial charge in [-0.05, 0) is 0 Å². The molecule has 0 saturated carbocycles. The van der Waals surface area contributed by atoms with Gasteiger partial charge in [0, 0.05) is 11.1 Å². The van der Waals surface area contributed by atoms with E-state index in [0.29, 0.717) is 5.37 Å². The van der Waals surface area contributed by atoms with E-state index in [1.165, 1.54) is 6.92 Å². The summed E-state index contributed by atoms with van der Waals surface area (Å²) in [5.74, 6) is -0.686. The van der Waals surface area contributed by atoms with Gasteiger partial charge < -0.3 is 0 Å². The molecule has 0 rings (SSSR count). The summed E-state index contributed by atoms with van der Waals surface area (Å²) in [6, 6.07) is 0. The first-order chi connectivity index (χ1) is 4.77. The standard InChI is InChI=1S/C4H10O5S2/c1-2-10(5,6)3-4-11(7,8)9/h4H,2-3H2,1H3,(H2,7,8,9). The van der Waals surface area contributed by atoms with Crippen LogP contribution in [0, 0.1) is 0 Å². The first kappa shape index (κ1) is 10.9. The van der Waals surface area contributed by atoms with E-state index in [1.54, 1.807) is 0 Å². The lowest BCUT2D eigenvalue weighted by molar-refractivity contribution is 0.448. The van der Waals surface area contributed by atoms with Gasteiger partial charge in [0.05, 0.1) is 5.75 Å². The highest BCUT2D eigenvalue weighted by atomic mass is 32.2. The Balaban J connectivity index is 4.47. The van der Waals surface area contributed by atoms with Crippen LogP contribution in [-0.4, -0.2) is 38.6 Å². The van der Waals surface area contributed by atoms with Crippen LogP contribution in [0.5, 0.6) is 0 Å². The molecule has 0 aromatic rings. The summed E-state index contributed by atoms with van der Waals surface area (Å²) < 4.78 is 48.0. The third-order valence-electron chi connectivity index (χ3n) is 0.979. The summed E-state index contributed by atoms with van der Waals surface area (Å²) in [6.07, 6.45) is 0. The van der Waals surface area contributed by atoms with Gasteiger partial charge in [0.1, 0.15) is 0 Å². The maximum Gasteiger partial charge on any atom is 0.197 e. The Kier molecular flexibility index (Phi) is 3.49. The maximum atomic E-state index is 10.7. The molecule has 0 aromatic carbocycles. The molecule has 0 atom stereocenters. The molecule has 0 aliphatic rings. The van der Waals surface area contributed by atoms with Crippen LogP contribution in [0.3, 0.4) is 0 Å². The van der Waals surface area contributed by atoms with Crippen molar-refractivity contribution in [2.45, 2.75) is 6.92 Å². The highest BCUT2D eigenvalue weighted by Gasteiger charge is 2.06. The molecule has 0 aliphatic heterocycles. The van der Waals surface area contributed by atoms with Gasteiger partial charge in [-0.25, -0.2) is 12.6 Å². The molecular weight excluding hydrogens is 192 g/mol. The molecule has 0 unspecified atom stereocenters. The normalized spacial score (nSPS) is 13.0. The monoisotopic (exact) mass is 202 g/mol. The van der Waals surface area contributed by atoms with Crippen molar-refractivity contribution >= 4 is 25.3 Å². The average molecular weight is 202 g/mol. The van der Waals surface area contributed by atoms with Crippen molar-refractivity contribution in [3.63, 3.8) is 0 Å². The minimum atomic E-state index is -4.02. The maximum absolute atomic E-state index is 10.7. The molecule has 0 bridgehead atoms. The molecule has 0 radical (unpaired) electrons. The van der Waals surface area contributed by atoms with Gasteiger partial charge >= 0.3 is 0 Å². The van der Waals surface area contributed by atoms with E-state index in [1.807, 2.05) is 0 Å². The quantitative estimate of drug-likeness (QED) is 0.599. The van der Waals surface area contributed by atoms with Gasteiger partial charge in [0.15, 0.2) is 19.9 Å². The molecule has 2 N–H and O–H groups in total. The van der Waals surface area contributed by atoms with Crippen LogP contribution in [0.15, 0.2) is 0 Å². The predicted octanol–water partition coefficient (Wildman–Crippen LogP) is -0.546. The van der Waals surface area contributed by atoms with Crippen LogP contribution in [0.2, 0.25) is 0 Å². The number of rotatable bonds is 3. The van der Waals surface area contributed by atoms with Crippen LogP contribution in [0.25, 0.3) is 0 Å². The molecule has 68 valence electrons. The van der Waals surface area contributed by atoms with E-state index < -0.39 is 25.7 Å². The molecule has 0 amide bonds. The van der Waals surface area contributed by atoms with Gasteiger partial charge in [0.25, 0.3) is 0 Å². The molecule has 0 spiro atoms. The molecule has 0 fully saturated rings. The third kappa shape index (κ3) is 6.29. The summed E-state index contributed by atoms with van der Waals surface area (Å²) in [5.41, 5.74) is 0. The van der Waals surface area contributed by atoms with Gasteiger partial charge in [-0.15, -0.1) is 0 Å². The molecule has 0 aromatic heterocycles. The first-order valence-electron chi connectivity index (χ1n) is 2.79. The van der Waals surface area contributed by atoms with Gasteiger partial charge in [0.2, 0.25) is 0 Å². The highest BCUT2D eigenvalue weighted by molar-refractivity contribution is 7.96. The van der Waals surface area contributed by atoms with Crippen molar-refractivity contribution in [1.82, 2.24) is 0 Å². The van der Waals surface area contributed by atoms with Crippen molar-refractivity contribution in [1.29, 1.82) is 0 Å². The van der Waals surface area contributed by atoms with Crippen LogP contribution in [0.4, 0.5) is 0 Å². The number of sulfone groups is 1. The van der Waals surface area contributed by atoms with E-state index in [2.05, 4.69) is 0 Å². The zero-order valence-electron chi connectivity index (χ0n) is 5.93. The fourth-order valence-electron chi connectivity index (χ4n) is 0.310. The minimum absolute atomic E-state index is 0.112. The second-order valence-electron chi connectivity index (χ2n) is 1.90. The summed E-state index contributed by atoms with van der Waals surface area (Å²) in [6.45, 7) is 1.42. The van der Waals surface area contributed by atoms with Crippen molar-refractivity contribution < 1.29 is 21.7 Å². The van der Waals surface area contributed by atoms with E-state index in [9.17, 15) is 12.6 Å². The first-order valence-corrected chi connectivity index (χ1v) is 6.15. The van der Waals surface area contributed by atoms with Crippen LogP contribution < -0.4 is 0 Å². The number of hydrogen-bond donors (Lipinski definition) is 2. The Bertz CT molecular complexity index is 310. The van der Waals surface area contributed by atoms with Gasteiger partial charge in [-0.2, -0.15) is 0 Å². The predicted molar refractivity (Wildman–Crippen MR) is 43.8 cm³/mol. The number of hydrogen-bond acceptors (Lipinski definition) is 3. The van der Waals surface area contributed by atoms with Crippen LogP contribution in [0.1, 0.15) is 6.92 Å². The minimum Gasteiger partial charge on any atom is -0.294 e. The largest absolute Gasteiger partial charge is 0.294 e. The fraction of sp³-hybridized carbons (Fsp3) is 0.750. The molecule has 0 heterocycles. The molecule has 7 heteroatoms. The van der Waals surface area contributed by atoms with Crippen molar-refractivity contribution in [3.05, 3.63) is 0 Å². The van der Waals surface area contributed by atoms with Crippen molar-refractivity contribution in [2.75, 3.05) is 11.5 Å². The molecule has 0 saturated heterocycles. The second-order valence-corrected chi connectivity index (χ2v) is 5.71. The Morgan fingerprint density at radius 1 is 1.27 bits per heavy atom. The lowest BCUT2D eigenvalue weighted by Gasteiger charge is -1.94. The van der Waals surface area contributed by atoms with E-state index in [4.69, 9.17) is 9.11 Å². The van der Waals surface area contributed by atoms with Crippen LogP contribution in [-0.2, 0) is 19.9 Å². The fourth-order valence-corrected chi connectivity index (χ4v) is 2.08. The zero-order valence-corrected chi connectivity index (χ0v) is 7.56. The van der Waals surface area contributed by atoms with E-state index in [0.717, 1.165) is 0 Å². The lowest BCUT2D eigenvalue weighted by Crippen LogP contribution is -2.13. The van der Waals surface area contributed by atoms with Gasteiger partial charge in [-0.1, -0.05) is 6.92 Å². The Hall–Kier alpha value is -0.110. The van der Waals surface area contributed by atoms with E-state index >= 15 is 0 Å². The third-order valence-corrected chi connectivity index (χ3v) is 3.34. The topological polar surface area (TPSA) is 91.7 Å². The Morgan fingerprint density at radius 2 is 1.73 bits per heavy atom. The summed E-state index contributed by atoms with van der Waals surface area (Å²) in [7, 11) is -7.33. The summed E-state index contributed by atoms with van der Waals surface area (Å²) in [4.78, 5) is 0. The summed E-state index contributed by atoms with van der Waals surface area (Å²) >= 11 is 0. The Morgan fingerprint density at radius 3 is 2.00 bits per heavy atom. The highest BCUT2D eigenvalue weighted by Crippen LogP contribution is 1.87. The summed E-state index contributed by atoms with van der Waals surface area (Å²) in [5, 5.41) is 0.478. The molecular formula is C4H10O5S2. The smallest absolute Gasteiger partial charge is 0.197 e. The lowest BCUT2D eigenvalue weighted by atomic mass is 11.0. The Labute approximate surface area is 66.0 Å². The zero-order chi connectivity index (χ0) is 9.12.